The van der Waals surface area contributed by atoms with E-state index in [0.717, 1.165) is 114 Å². The van der Waals surface area contributed by atoms with Crippen LogP contribution >= 0.6 is 15.6 Å². The van der Waals surface area contributed by atoms with Crippen LogP contribution in [0, 0.1) is 17.8 Å². The Bertz CT molecular complexity index is 1920. The lowest BCUT2D eigenvalue weighted by Crippen LogP contribution is -2.30. The molecule has 99 heavy (non-hydrogen) atoms. The molecule has 588 valence electrons. The van der Waals surface area contributed by atoms with Crippen LogP contribution in [0.1, 0.15) is 414 Å². The van der Waals surface area contributed by atoms with Crippen molar-refractivity contribution in [1.82, 2.24) is 0 Å². The highest BCUT2D eigenvalue weighted by molar-refractivity contribution is 7.47. The predicted octanol–water partition coefficient (Wildman–Crippen LogP) is 23.7. The third kappa shape index (κ3) is 72.8. The number of unbranched alkanes of at least 4 members (excludes halogenated alkanes) is 45. The van der Waals surface area contributed by atoms with Crippen LogP contribution < -0.4 is 0 Å². The summed E-state index contributed by atoms with van der Waals surface area (Å²) in [6, 6.07) is 0. The van der Waals surface area contributed by atoms with Gasteiger partial charge in [-0.25, -0.2) is 9.13 Å². The molecule has 0 saturated carbocycles. The van der Waals surface area contributed by atoms with Gasteiger partial charge < -0.3 is 33.8 Å². The van der Waals surface area contributed by atoms with Crippen LogP contribution in [0.15, 0.2) is 0 Å². The van der Waals surface area contributed by atoms with Gasteiger partial charge in [0.05, 0.1) is 26.4 Å². The van der Waals surface area contributed by atoms with E-state index in [4.69, 9.17) is 37.0 Å². The summed E-state index contributed by atoms with van der Waals surface area (Å²) in [5.41, 5.74) is 0. The monoisotopic (exact) mass is 1450 g/mol. The minimum atomic E-state index is -4.96. The van der Waals surface area contributed by atoms with E-state index in [-0.39, 0.29) is 25.7 Å². The number of aliphatic hydroxyl groups excluding tert-OH is 1. The molecule has 0 aliphatic heterocycles. The molecule has 0 aromatic carbocycles. The average Bonchev–Trinajstić information content (AvgIpc) is 1.18. The fourth-order valence-electron chi connectivity index (χ4n) is 12.3. The zero-order valence-electron chi connectivity index (χ0n) is 65.0. The predicted molar refractivity (Wildman–Crippen MR) is 405 cm³/mol. The van der Waals surface area contributed by atoms with Gasteiger partial charge in [0.2, 0.25) is 0 Å². The van der Waals surface area contributed by atoms with E-state index in [1.807, 2.05) is 0 Å². The van der Waals surface area contributed by atoms with E-state index in [0.29, 0.717) is 25.7 Å². The molecule has 6 atom stereocenters. The van der Waals surface area contributed by atoms with Crippen molar-refractivity contribution in [3.05, 3.63) is 0 Å². The molecule has 0 fully saturated rings. The van der Waals surface area contributed by atoms with Crippen LogP contribution in [0.2, 0.25) is 0 Å². The molecular weight excluding hydrogens is 1290 g/mol. The molecule has 19 heteroatoms. The van der Waals surface area contributed by atoms with Gasteiger partial charge >= 0.3 is 39.5 Å². The van der Waals surface area contributed by atoms with Gasteiger partial charge in [-0.2, -0.15) is 0 Å². The molecule has 0 spiro atoms. The summed E-state index contributed by atoms with van der Waals surface area (Å²) in [5.74, 6) is 0.190. The Hall–Kier alpha value is -1.94. The number of hydrogen-bond acceptors (Lipinski definition) is 15. The number of esters is 4. The van der Waals surface area contributed by atoms with Crippen molar-refractivity contribution in [2.45, 2.75) is 433 Å². The number of carbonyl (C=O) groups excluding carboxylic acids is 4. The SMILES string of the molecule is CCCCCCCCCCCCCCCCCCCC(=O)OC[C@H](COP(=O)(O)OC[C@@H](O)COP(=O)(O)OC[C@@H](COC(=O)CCCCCCCCC(C)CC)OC(=O)CCCCCCCCCCCCCCC(C)C)OC(=O)CCCCCCCCCCCCCCCCC(C)C. The molecule has 3 N–H and O–H groups in total. The Kier molecular flexibility index (Phi) is 69.0. The van der Waals surface area contributed by atoms with E-state index in [1.54, 1.807) is 0 Å². The second-order valence-corrected chi connectivity index (χ2v) is 32.9. The van der Waals surface area contributed by atoms with Crippen LogP contribution in [-0.2, 0) is 65.4 Å². The maximum Gasteiger partial charge on any atom is 0.472 e. The summed E-state index contributed by atoms with van der Waals surface area (Å²) in [7, 11) is -9.92. The number of rotatable bonds is 78. The van der Waals surface area contributed by atoms with E-state index in [1.165, 1.54) is 218 Å². The summed E-state index contributed by atoms with van der Waals surface area (Å²) in [5, 5.41) is 10.6. The number of carbonyl (C=O) groups is 4. The van der Waals surface area contributed by atoms with Crippen LogP contribution in [-0.4, -0.2) is 96.7 Å². The van der Waals surface area contributed by atoms with Gasteiger partial charge in [-0.3, -0.25) is 37.3 Å². The number of phosphoric ester groups is 2. The van der Waals surface area contributed by atoms with Gasteiger partial charge in [0.15, 0.2) is 12.2 Å². The lowest BCUT2D eigenvalue weighted by Gasteiger charge is -2.21. The summed E-state index contributed by atoms with van der Waals surface area (Å²) < 4.78 is 68.7. The second-order valence-electron chi connectivity index (χ2n) is 30.0. The van der Waals surface area contributed by atoms with Crippen molar-refractivity contribution < 1.29 is 80.2 Å². The Morgan fingerprint density at radius 3 is 0.768 bits per heavy atom. The fourth-order valence-corrected chi connectivity index (χ4v) is 13.9. The molecular formula is C80H156O17P2. The molecule has 0 heterocycles. The topological polar surface area (TPSA) is 237 Å². The van der Waals surface area contributed by atoms with Crippen LogP contribution in [0.4, 0.5) is 0 Å². The van der Waals surface area contributed by atoms with Crippen LogP contribution in [0.25, 0.3) is 0 Å². The van der Waals surface area contributed by atoms with Crippen molar-refractivity contribution in [2.24, 2.45) is 17.8 Å². The van der Waals surface area contributed by atoms with Gasteiger partial charge in [0, 0.05) is 25.7 Å². The maximum absolute atomic E-state index is 13.1. The maximum atomic E-state index is 13.1. The minimum absolute atomic E-state index is 0.106. The molecule has 0 amide bonds. The molecule has 0 bridgehead atoms. The van der Waals surface area contributed by atoms with Crippen molar-refractivity contribution in [3.8, 4) is 0 Å². The Morgan fingerprint density at radius 2 is 0.515 bits per heavy atom. The Morgan fingerprint density at radius 1 is 0.293 bits per heavy atom. The lowest BCUT2D eigenvalue weighted by molar-refractivity contribution is -0.161. The zero-order valence-corrected chi connectivity index (χ0v) is 66.8. The van der Waals surface area contributed by atoms with Crippen molar-refractivity contribution >= 4 is 39.5 Å². The lowest BCUT2D eigenvalue weighted by atomic mass is 10.00. The largest absolute Gasteiger partial charge is 0.472 e. The third-order valence-electron chi connectivity index (χ3n) is 19.0. The Balaban J connectivity index is 5.25. The normalized spacial score (nSPS) is 14.3. The molecule has 17 nitrogen and oxygen atoms in total. The van der Waals surface area contributed by atoms with Gasteiger partial charge in [0.25, 0.3) is 0 Å². The summed E-state index contributed by atoms with van der Waals surface area (Å²) in [6.07, 6.45) is 58.2. The van der Waals surface area contributed by atoms with Gasteiger partial charge in [0.1, 0.15) is 19.3 Å². The van der Waals surface area contributed by atoms with Crippen molar-refractivity contribution in [2.75, 3.05) is 39.6 Å². The van der Waals surface area contributed by atoms with Gasteiger partial charge in [-0.05, 0) is 43.4 Å². The van der Waals surface area contributed by atoms with Crippen molar-refractivity contribution in [1.29, 1.82) is 0 Å². The summed E-state index contributed by atoms with van der Waals surface area (Å²) >= 11 is 0. The number of aliphatic hydroxyl groups is 1. The molecule has 0 aromatic rings. The zero-order chi connectivity index (χ0) is 73.0. The quantitative estimate of drug-likeness (QED) is 0.0222. The molecule has 0 aromatic heterocycles. The van der Waals surface area contributed by atoms with Crippen LogP contribution in [0.3, 0.4) is 0 Å². The first-order chi connectivity index (χ1) is 47.8. The smallest absolute Gasteiger partial charge is 0.462 e. The molecule has 0 aliphatic rings. The highest BCUT2D eigenvalue weighted by Crippen LogP contribution is 2.45. The molecule has 3 unspecified atom stereocenters. The highest BCUT2D eigenvalue weighted by Gasteiger charge is 2.30. The first-order valence-electron chi connectivity index (χ1n) is 41.4. The number of hydrogen-bond donors (Lipinski definition) is 3. The molecule has 0 radical (unpaired) electrons. The van der Waals surface area contributed by atoms with Crippen molar-refractivity contribution in [3.63, 3.8) is 0 Å². The average molecular weight is 1450 g/mol. The van der Waals surface area contributed by atoms with E-state index in [9.17, 15) is 43.2 Å². The van der Waals surface area contributed by atoms with E-state index in [2.05, 4.69) is 48.5 Å². The van der Waals surface area contributed by atoms with E-state index >= 15 is 0 Å². The Labute approximate surface area is 607 Å². The minimum Gasteiger partial charge on any atom is -0.462 e. The first-order valence-corrected chi connectivity index (χ1v) is 44.4. The second kappa shape index (κ2) is 70.4. The summed E-state index contributed by atoms with van der Waals surface area (Å²) in [4.78, 5) is 73.0. The number of ether oxygens (including phenoxy) is 4. The van der Waals surface area contributed by atoms with Gasteiger partial charge in [-0.15, -0.1) is 0 Å². The molecule has 0 saturated heterocycles. The van der Waals surface area contributed by atoms with Crippen LogP contribution in [0.5, 0.6) is 0 Å². The fraction of sp³-hybridized carbons (Fsp3) is 0.950. The molecule has 0 rings (SSSR count). The summed E-state index contributed by atoms with van der Waals surface area (Å²) in [6.45, 7) is 11.9. The van der Waals surface area contributed by atoms with Gasteiger partial charge in [-0.1, -0.05) is 363 Å². The highest BCUT2D eigenvalue weighted by atomic mass is 31.2. The molecule has 0 aliphatic carbocycles. The first kappa shape index (κ1) is 97.1. The third-order valence-corrected chi connectivity index (χ3v) is 20.9. The standard InChI is InChI=1S/C80H156O17P2/c1-8-10-11-12-13-14-15-16-17-18-19-23-29-34-39-47-54-61-77(82)90-67-75(96-79(84)63-56-49-40-35-30-24-21-20-22-27-32-37-44-51-58-71(3)4)69-94-98(86,87)92-65-74(81)66-93-99(88,89)95-70-76(68-91-78(83)62-55-48-43-42-46-53-60-73(7)9-2)97-80(85)64-57-50-41-36-31-26-25-28-33-38-45-52-59-72(5)6/h71-76,81H,8-70H2,1-7H3,(H,86,87)(H,88,89)/t73?,74-,75-,76-/m1/s1. The van der Waals surface area contributed by atoms with E-state index < -0.39 is 97.5 Å². The number of phosphoric acid groups is 2.